The third-order valence-corrected chi connectivity index (χ3v) is 6.59. The number of carbonyl (C=O) groups is 3. The molecule has 0 saturated heterocycles. The summed E-state index contributed by atoms with van der Waals surface area (Å²) in [6, 6.07) is 15.8. The van der Waals surface area contributed by atoms with Crippen molar-refractivity contribution in [1.82, 2.24) is 10.6 Å². The van der Waals surface area contributed by atoms with E-state index in [-0.39, 0.29) is 24.9 Å². The minimum atomic E-state index is -1.15. The molecule has 3 N–H and O–H groups in total. The topological polar surface area (TPSA) is 105 Å². The zero-order valence-corrected chi connectivity index (χ0v) is 18.1. The van der Waals surface area contributed by atoms with Crippen molar-refractivity contribution in [2.24, 2.45) is 0 Å². The largest absolute Gasteiger partial charge is 0.480 e. The van der Waals surface area contributed by atoms with Gasteiger partial charge in [-0.1, -0.05) is 55.5 Å². The van der Waals surface area contributed by atoms with Crippen molar-refractivity contribution in [3.05, 3.63) is 59.7 Å². The normalized spacial score (nSPS) is 16.8. The number of aliphatic carboxylic acids is 1. The van der Waals surface area contributed by atoms with E-state index in [0.29, 0.717) is 19.3 Å². The maximum atomic E-state index is 12.5. The van der Waals surface area contributed by atoms with Crippen LogP contribution in [0.25, 0.3) is 11.1 Å². The van der Waals surface area contributed by atoms with Crippen LogP contribution in [0.3, 0.4) is 0 Å². The van der Waals surface area contributed by atoms with Crippen LogP contribution in [0.4, 0.5) is 4.79 Å². The summed E-state index contributed by atoms with van der Waals surface area (Å²) in [6.07, 6.45) is 1.60. The number of carboxylic acid groups (broad SMARTS) is 1. The molecule has 1 atom stereocenters. The van der Waals surface area contributed by atoms with Crippen molar-refractivity contribution in [2.45, 2.75) is 56.5 Å². The smallest absolute Gasteiger partial charge is 0.407 e. The van der Waals surface area contributed by atoms with E-state index in [0.717, 1.165) is 28.7 Å². The molecule has 0 heterocycles. The number of alkyl carbamates (subject to hydrolysis) is 1. The summed E-state index contributed by atoms with van der Waals surface area (Å²) in [4.78, 5) is 36.3. The molecule has 2 amide bonds. The van der Waals surface area contributed by atoms with E-state index in [4.69, 9.17) is 4.74 Å². The van der Waals surface area contributed by atoms with Crippen LogP contribution in [-0.4, -0.2) is 41.3 Å². The molecule has 0 aromatic heterocycles. The highest BCUT2D eigenvalue weighted by Crippen LogP contribution is 2.44. The van der Waals surface area contributed by atoms with Crippen LogP contribution in [0, 0.1) is 0 Å². The molecular formula is C25H28N2O5. The Morgan fingerprint density at radius 2 is 1.66 bits per heavy atom. The number of fused-ring (bicyclic) bond motifs is 3. The molecule has 7 heteroatoms. The monoisotopic (exact) mass is 436 g/mol. The van der Waals surface area contributed by atoms with Gasteiger partial charge < -0.3 is 20.5 Å². The van der Waals surface area contributed by atoms with Gasteiger partial charge in [0.25, 0.3) is 0 Å². The van der Waals surface area contributed by atoms with Crippen molar-refractivity contribution >= 4 is 18.0 Å². The van der Waals surface area contributed by atoms with Crippen LogP contribution < -0.4 is 10.6 Å². The van der Waals surface area contributed by atoms with Crippen LogP contribution in [0.5, 0.6) is 0 Å². The number of carboxylic acids is 1. The highest BCUT2D eigenvalue weighted by atomic mass is 16.5. The molecule has 168 valence electrons. The minimum Gasteiger partial charge on any atom is -0.480 e. The number of benzene rings is 2. The minimum absolute atomic E-state index is 0.00965. The molecule has 7 nitrogen and oxygen atoms in total. The van der Waals surface area contributed by atoms with Gasteiger partial charge in [0.15, 0.2) is 0 Å². The first kappa shape index (κ1) is 21.9. The van der Waals surface area contributed by atoms with Gasteiger partial charge in [0.2, 0.25) is 5.91 Å². The standard InChI is InChI=1S/C25H28N2O5/c1-2-16(14-22(28)27-25(23(29)30)12-7-13-25)26-24(31)32-15-21-19-10-5-3-8-17(19)18-9-4-6-11-20(18)21/h3-6,8-11,16,21H,2,7,12-15H2,1H3,(H,26,31)(H,27,28)(H,29,30)/t16-/m0/s1. The molecule has 0 spiro atoms. The first-order valence-corrected chi connectivity index (χ1v) is 11.1. The van der Waals surface area contributed by atoms with E-state index in [1.807, 2.05) is 31.2 Å². The van der Waals surface area contributed by atoms with Crippen LogP contribution in [0.15, 0.2) is 48.5 Å². The maximum Gasteiger partial charge on any atom is 0.407 e. The van der Waals surface area contributed by atoms with Gasteiger partial charge in [-0.05, 0) is 47.9 Å². The Bertz CT molecular complexity index is 985. The van der Waals surface area contributed by atoms with E-state index >= 15 is 0 Å². The Kier molecular flexibility index (Phi) is 6.17. The van der Waals surface area contributed by atoms with Gasteiger partial charge in [0.05, 0.1) is 0 Å². The number of rotatable bonds is 8. The van der Waals surface area contributed by atoms with Crippen LogP contribution in [0.1, 0.15) is 56.1 Å². The molecule has 0 unspecified atom stereocenters. The van der Waals surface area contributed by atoms with Gasteiger partial charge in [-0.25, -0.2) is 9.59 Å². The summed E-state index contributed by atoms with van der Waals surface area (Å²) in [5.41, 5.74) is 3.42. The Hall–Kier alpha value is -3.35. The SMILES string of the molecule is CC[C@@H](CC(=O)NC1(C(=O)O)CCC1)NC(=O)OCC1c2ccccc2-c2ccccc21. The lowest BCUT2D eigenvalue weighted by molar-refractivity contribution is -0.151. The molecule has 2 aromatic carbocycles. The second-order valence-electron chi connectivity index (χ2n) is 8.57. The van der Waals surface area contributed by atoms with Gasteiger partial charge in [0.1, 0.15) is 12.1 Å². The number of carbonyl (C=O) groups excluding carboxylic acids is 2. The second kappa shape index (κ2) is 9.02. The van der Waals surface area contributed by atoms with Crippen molar-refractivity contribution < 1.29 is 24.2 Å². The number of hydrogen-bond donors (Lipinski definition) is 3. The molecule has 2 aromatic rings. The summed E-state index contributed by atoms with van der Waals surface area (Å²) in [5.74, 6) is -1.42. The number of ether oxygens (including phenoxy) is 1. The third kappa shape index (κ3) is 4.20. The molecule has 1 fully saturated rings. The third-order valence-electron chi connectivity index (χ3n) is 6.59. The predicted octanol–water partition coefficient (Wildman–Crippen LogP) is 3.82. The molecule has 1 saturated carbocycles. The van der Waals surface area contributed by atoms with Crippen LogP contribution >= 0.6 is 0 Å². The fourth-order valence-electron chi connectivity index (χ4n) is 4.57. The maximum absolute atomic E-state index is 12.5. The number of nitrogens with one attached hydrogen (secondary N) is 2. The van der Waals surface area contributed by atoms with E-state index in [9.17, 15) is 19.5 Å². The van der Waals surface area contributed by atoms with E-state index < -0.39 is 23.6 Å². The first-order chi connectivity index (χ1) is 15.4. The average molecular weight is 437 g/mol. The zero-order chi connectivity index (χ0) is 22.7. The second-order valence-corrected chi connectivity index (χ2v) is 8.57. The fourth-order valence-corrected chi connectivity index (χ4v) is 4.57. The van der Waals surface area contributed by atoms with Gasteiger partial charge in [0, 0.05) is 18.4 Å². The molecule has 4 rings (SSSR count). The highest BCUT2D eigenvalue weighted by molar-refractivity contribution is 5.88. The van der Waals surface area contributed by atoms with Crippen molar-refractivity contribution in [2.75, 3.05) is 6.61 Å². The summed E-state index contributed by atoms with van der Waals surface area (Å²) in [6.45, 7) is 2.06. The molecular weight excluding hydrogens is 408 g/mol. The summed E-state index contributed by atoms with van der Waals surface area (Å²) < 4.78 is 5.55. The van der Waals surface area contributed by atoms with Gasteiger partial charge in [-0.2, -0.15) is 0 Å². The number of hydrogen-bond acceptors (Lipinski definition) is 4. The summed E-state index contributed by atoms with van der Waals surface area (Å²) >= 11 is 0. The van der Waals surface area contributed by atoms with Crippen molar-refractivity contribution in [1.29, 1.82) is 0 Å². The molecule has 0 bridgehead atoms. The number of amides is 2. The quantitative estimate of drug-likeness (QED) is 0.584. The van der Waals surface area contributed by atoms with E-state index in [1.165, 1.54) is 0 Å². The first-order valence-electron chi connectivity index (χ1n) is 11.1. The zero-order valence-electron chi connectivity index (χ0n) is 18.1. The van der Waals surface area contributed by atoms with Gasteiger partial charge >= 0.3 is 12.1 Å². The lowest BCUT2D eigenvalue weighted by Crippen LogP contribution is -2.59. The Balaban J connectivity index is 1.33. The average Bonchev–Trinajstić information content (AvgIpc) is 3.08. The molecule has 0 radical (unpaired) electrons. The predicted molar refractivity (Wildman–Crippen MR) is 119 cm³/mol. The fraction of sp³-hybridized carbons (Fsp3) is 0.400. The van der Waals surface area contributed by atoms with Crippen LogP contribution in [-0.2, 0) is 14.3 Å². The lowest BCUT2D eigenvalue weighted by Gasteiger charge is -2.38. The van der Waals surface area contributed by atoms with Gasteiger partial charge in [-0.15, -0.1) is 0 Å². The Morgan fingerprint density at radius 3 is 2.16 bits per heavy atom. The summed E-state index contributed by atoms with van der Waals surface area (Å²) in [7, 11) is 0. The molecule has 2 aliphatic carbocycles. The lowest BCUT2D eigenvalue weighted by atomic mass is 9.76. The Morgan fingerprint density at radius 1 is 1.06 bits per heavy atom. The molecule has 32 heavy (non-hydrogen) atoms. The van der Waals surface area contributed by atoms with E-state index in [1.54, 1.807) is 0 Å². The van der Waals surface area contributed by atoms with Gasteiger partial charge in [-0.3, -0.25) is 4.79 Å². The molecule has 2 aliphatic rings. The highest BCUT2D eigenvalue weighted by Gasteiger charge is 2.45. The van der Waals surface area contributed by atoms with Crippen LogP contribution in [0.2, 0.25) is 0 Å². The summed E-state index contributed by atoms with van der Waals surface area (Å²) in [5, 5.41) is 14.8. The van der Waals surface area contributed by atoms with Crippen molar-refractivity contribution in [3.63, 3.8) is 0 Å². The van der Waals surface area contributed by atoms with Crippen molar-refractivity contribution in [3.8, 4) is 11.1 Å². The molecule has 0 aliphatic heterocycles. The van der Waals surface area contributed by atoms with E-state index in [2.05, 4.69) is 34.9 Å². The Labute approximate surface area is 187 Å².